The number of sulfonamides is 1. The van der Waals surface area contributed by atoms with E-state index in [2.05, 4.69) is 4.98 Å². The summed E-state index contributed by atoms with van der Waals surface area (Å²) < 4.78 is 28.1. The molecule has 0 saturated carbocycles. The summed E-state index contributed by atoms with van der Waals surface area (Å²) in [4.78, 5) is 3.96. The molecule has 2 rings (SSSR count). The van der Waals surface area contributed by atoms with Crippen LogP contribution < -0.4 is 9.88 Å². The molecule has 7 heteroatoms. The first-order valence-corrected chi connectivity index (χ1v) is 7.20. The van der Waals surface area contributed by atoms with Crippen molar-refractivity contribution >= 4 is 21.6 Å². The van der Waals surface area contributed by atoms with Crippen LogP contribution in [-0.4, -0.2) is 13.4 Å². The van der Waals surface area contributed by atoms with E-state index in [1.165, 1.54) is 24.5 Å². The summed E-state index contributed by atoms with van der Waals surface area (Å²) in [7, 11) is -3.72. The number of halogens is 1. The van der Waals surface area contributed by atoms with Crippen LogP contribution >= 0.6 is 11.6 Å². The molecule has 5 nitrogen and oxygen atoms in total. The quantitative estimate of drug-likeness (QED) is 0.943. The van der Waals surface area contributed by atoms with E-state index in [-0.39, 0.29) is 4.90 Å². The van der Waals surface area contributed by atoms with Gasteiger partial charge in [0.25, 0.3) is 0 Å². The molecule has 0 unspecified atom stereocenters. The van der Waals surface area contributed by atoms with Gasteiger partial charge in [-0.25, -0.2) is 13.6 Å². The number of benzene rings is 1. The first kappa shape index (κ1) is 13.8. The van der Waals surface area contributed by atoms with Crippen molar-refractivity contribution in [3.05, 3.63) is 47.2 Å². The zero-order valence-electron chi connectivity index (χ0n) is 10.00. The van der Waals surface area contributed by atoms with Crippen molar-refractivity contribution in [2.24, 2.45) is 5.14 Å². The van der Waals surface area contributed by atoms with E-state index in [0.29, 0.717) is 22.1 Å². The lowest BCUT2D eigenvalue weighted by molar-refractivity contribution is 0.479. The highest BCUT2D eigenvalue weighted by Gasteiger charge is 2.12. The minimum absolute atomic E-state index is 0.0732. The number of rotatable bonds is 3. The number of hydrogen-bond donors (Lipinski definition) is 1. The molecule has 0 amide bonds. The molecular formula is C12H11ClN2O3S. The Morgan fingerprint density at radius 1 is 1.21 bits per heavy atom. The molecule has 2 aromatic rings. The summed E-state index contributed by atoms with van der Waals surface area (Å²) in [5, 5.41) is 5.54. The van der Waals surface area contributed by atoms with Crippen molar-refractivity contribution in [3.63, 3.8) is 0 Å². The van der Waals surface area contributed by atoms with Gasteiger partial charge in [0.05, 0.1) is 16.1 Å². The van der Waals surface area contributed by atoms with Crippen molar-refractivity contribution in [1.29, 1.82) is 0 Å². The van der Waals surface area contributed by atoms with Gasteiger partial charge in [0.2, 0.25) is 10.0 Å². The molecule has 0 aliphatic rings. The van der Waals surface area contributed by atoms with Gasteiger partial charge in [0, 0.05) is 12.3 Å². The third-order valence-corrected chi connectivity index (χ3v) is 3.65. The SMILES string of the molecule is Cc1cc(Oc2cncc(Cl)c2)ccc1S(N)(=O)=O. The van der Waals surface area contributed by atoms with Gasteiger partial charge >= 0.3 is 0 Å². The van der Waals surface area contributed by atoms with Crippen molar-refractivity contribution in [2.75, 3.05) is 0 Å². The number of nitrogens with two attached hydrogens (primary N) is 1. The molecule has 1 aromatic heterocycles. The van der Waals surface area contributed by atoms with E-state index in [1.54, 1.807) is 19.1 Å². The fourth-order valence-electron chi connectivity index (χ4n) is 1.59. The zero-order chi connectivity index (χ0) is 14.0. The topological polar surface area (TPSA) is 82.3 Å². The first-order chi connectivity index (χ1) is 8.86. The molecule has 2 N–H and O–H groups in total. The molecule has 0 spiro atoms. The van der Waals surface area contributed by atoms with Crippen LogP contribution in [0.3, 0.4) is 0 Å². The van der Waals surface area contributed by atoms with Crippen LogP contribution in [0.1, 0.15) is 5.56 Å². The van der Waals surface area contributed by atoms with Crippen molar-refractivity contribution in [3.8, 4) is 11.5 Å². The monoisotopic (exact) mass is 298 g/mol. The van der Waals surface area contributed by atoms with Crippen molar-refractivity contribution in [1.82, 2.24) is 4.98 Å². The number of ether oxygens (including phenoxy) is 1. The lowest BCUT2D eigenvalue weighted by Gasteiger charge is -2.08. The van der Waals surface area contributed by atoms with Crippen LogP contribution in [0.4, 0.5) is 0 Å². The molecule has 0 atom stereocenters. The molecule has 0 radical (unpaired) electrons. The summed E-state index contributed by atoms with van der Waals surface area (Å²) in [6, 6.07) is 6.11. The Labute approximate surface area is 116 Å². The van der Waals surface area contributed by atoms with Gasteiger partial charge in [0.15, 0.2) is 0 Å². The predicted octanol–water partition coefficient (Wildman–Crippen LogP) is 2.48. The van der Waals surface area contributed by atoms with Crippen molar-refractivity contribution in [2.45, 2.75) is 11.8 Å². The lowest BCUT2D eigenvalue weighted by atomic mass is 10.2. The molecule has 0 saturated heterocycles. The Morgan fingerprint density at radius 3 is 2.53 bits per heavy atom. The Balaban J connectivity index is 2.31. The largest absolute Gasteiger partial charge is 0.456 e. The molecule has 19 heavy (non-hydrogen) atoms. The first-order valence-electron chi connectivity index (χ1n) is 5.28. The Morgan fingerprint density at radius 2 is 1.95 bits per heavy atom. The van der Waals surface area contributed by atoms with Crippen molar-refractivity contribution < 1.29 is 13.2 Å². The number of nitrogens with zero attached hydrogens (tertiary/aromatic N) is 1. The normalized spacial score (nSPS) is 11.3. The van der Waals surface area contributed by atoms with E-state index in [4.69, 9.17) is 21.5 Å². The molecule has 1 aromatic carbocycles. The molecule has 0 aliphatic heterocycles. The third kappa shape index (κ3) is 3.44. The second-order valence-electron chi connectivity index (χ2n) is 3.91. The average molecular weight is 299 g/mol. The number of pyridine rings is 1. The second-order valence-corrected chi connectivity index (χ2v) is 5.88. The standard InChI is InChI=1S/C12H11ClN2O3S/c1-8-4-10(2-3-12(8)19(14,16)17)18-11-5-9(13)6-15-7-11/h2-7H,1H3,(H2,14,16,17). The maximum atomic E-state index is 11.3. The number of primary sulfonamides is 1. The number of aromatic nitrogens is 1. The minimum atomic E-state index is -3.72. The highest BCUT2D eigenvalue weighted by Crippen LogP contribution is 2.26. The third-order valence-electron chi connectivity index (χ3n) is 2.37. The second kappa shape index (κ2) is 5.16. The van der Waals surface area contributed by atoms with E-state index in [1.807, 2.05) is 0 Å². The summed E-state index contributed by atoms with van der Waals surface area (Å²) >= 11 is 5.79. The molecular weight excluding hydrogens is 288 g/mol. The lowest BCUT2D eigenvalue weighted by Crippen LogP contribution is -2.13. The van der Waals surface area contributed by atoms with Gasteiger partial charge in [-0.15, -0.1) is 0 Å². The van der Waals surface area contributed by atoms with E-state index in [9.17, 15) is 8.42 Å². The van der Waals surface area contributed by atoms with Gasteiger partial charge in [-0.3, -0.25) is 4.98 Å². The molecule has 0 aliphatic carbocycles. The zero-order valence-corrected chi connectivity index (χ0v) is 11.6. The Kier molecular flexibility index (Phi) is 3.75. The summed E-state index contributed by atoms with van der Waals surface area (Å²) in [5.41, 5.74) is 0.509. The molecule has 0 bridgehead atoms. The van der Waals surface area contributed by atoms with E-state index < -0.39 is 10.0 Å². The van der Waals surface area contributed by atoms with Crippen LogP contribution in [0, 0.1) is 6.92 Å². The van der Waals surface area contributed by atoms with Gasteiger partial charge in [0.1, 0.15) is 11.5 Å². The number of hydrogen-bond acceptors (Lipinski definition) is 4. The van der Waals surface area contributed by atoms with Gasteiger partial charge in [-0.2, -0.15) is 0 Å². The van der Waals surface area contributed by atoms with Crippen LogP contribution in [0.2, 0.25) is 5.02 Å². The average Bonchev–Trinajstić information content (AvgIpc) is 2.27. The maximum absolute atomic E-state index is 11.3. The Hall–Kier alpha value is -1.63. The molecule has 1 heterocycles. The van der Waals surface area contributed by atoms with Crippen LogP contribution in [0.5, 0.6) is 11.5 Å². The maximum Gasteiger partial charge on any atom is 0.238 e. The summed E-state index contributed by atoms with van der Waals surface area (Å²) in [6.07, 6.45) is 3.00. The van der Waals surface area contributed by atoms with Crippen LogP contribution in [0.25, 0.3) is 0 Å². The fraction of sp³-hybridized carbons (Fsp3) is 0.0833. The van der Waals surface area contributed by atoms with Crippen LogP contribution in [-0.2, 0) is 10.0 Å². The molecule has 0 fully saturated rings. The summed E-state index contributed by atoms with van der Waals surface area (Å²) in [6.45, 7) is 1.64. The van der Waals surface area contributed by atoms with E-state index in [0.717, 1.165) is 0 Å². The van der Waals surface area contributed by atoms with Crippen LogP contribution in [0.15, 0.2) is 41.6 Å². The predicted molar refractivity (Wildman–Crippen MR) is 71.9 cm³/mol. The molecule has 100 valence electrons. The smallest absolute Gasteiger partial charge is 0.238 e. The fourth-order valence-corrected chi connectivity index (χ4v) is 2.52. The van der Waals surface area contributed by atoms with Gasteiger partial charge in [-0.05, 0) is 30.7 Å². The highest BCUT2D eigenvalue weighted by atomic mass is 35.5. The Bertz CT molecular complexity index is 717. The highest BCUT2D eigenvalue weighted by molar-refractivity contribution is 7.89. The van der Waals surface area contributed by atoms with E-state index >= 15 is 0 Å². The van der Waals surface area contributed by atoms with Gasteiger partial charge < -0.3 is 4.74 Å². The van der Waals surface area contributed by atoms with Gasteiger partial charge in [-0.1, -0.05) is 11.6 Å². The minimum Gasteiger partial charge on any atom is -0.456 e. The number of aryl methyl sites for hydroxylation is 1. The summed E-state index contributed by atoms with van der Waals surface area (Å²) in [5.74, 6) is 0.948.